The number of hydrogen-bond acceptors (Lipinski definition) is 2. The molecule has 1 aliphatic heterocycles. The smallest absolute Gasteiger partial charge is 0.246 e. The van der Waals surface area contributed by atoms with E-state index in [1.165, 1.54) is 12.0 Å². The summed E-state index contributed by atoms with van der Waals surface area (Å²) in [6.45, 7) is 0. The third-order valence-electron chi connectivity index (χ3n) is 5.38. The van der Waals surface area contributed by atoms with Crippen LogP contribution in [0.25, 0.3) is 0 Å². The SMILES string of the molecule is O=C(C1CCCCC1)N1N=C(c2ccccc2)C[C@@H]1c1ccccc1. The van der Waals surface area contributed by atoms with Gasteiger partial charge in [-0.25, -0.2) is 5.01 Å². The number of carbonyl (C=O) groups excluding carboxylic acids is 1. The van der Waals surface area contributed by atoms with E-state index in [0.717, 1.165) is 43.4 Å². The van der Waals surface area contributed by atoms with Crippen LogP contribution in [0.15, 0.2) is 65.8 Å². The Kier molecular flexibility index (Phi) is 4.64. The number of carbonyl (C=O) groups is 1. The number of rotatable bonds is 3. The fourth-order valence-electron chi connectivity index (χ4n) is 3.99. The van der Waals surface area contributed by atoms with Gasteiger partial charge in [-0.3, -0.25) is 4.79 Å². The van der Waals surface area contributed by atoms with Crippen molar-refractivity contribution in [3.63, 3.8) is 0 Å². The summed E-state index contributed by atoms with van der Waals surface area (Å²) in [4.78, 5) is 13.2. The molecule has 1 amide bonds. The molecule has 1 heterocycles. The summed E-state index contributed by atoms with van der Waals surface area (Å²) in [7, 11) is 0. The molecule has 1 saturated carbocycles. The lowest BCUT2D eigenvalue weighted by atomic mass is 9.88. The molecule has 1 fully saturated rings. The van der Waals surface area contributed by atoms with Crippen LogP contribution in [0.1, 0.15) is 55.7 Å². The third-order valence-corrected chi connectivity index (χ3v) is 5.38. The first-order valence-electron chi connectivity index (χ1n) is 9.34. The summed E-state index contributed by atoms with van der Waals surface area (Å²) in [5.41, 5.74) is 3.29. The normalized spacial score (nSPS) is 21.2. The van der Waals surface area contributed by atoms with E-state index in [4.69, 9.17) is 5.10 Å². The Balaban J connectivity index is 1.65. The van der Waals surface area contributed by atoms with E-state index >= 15 is 0 Å². The van der Waals surface area contributed by atoms with Crippen LogP contribution in [0.5, 0.6) is 0 Å². The monoisotopic (exact) mass is 332 g/mol. The Bertz CT molecular complexity index is 748. The number of hydrazone groups is 1. The van der Waals surface area contributed by atoms with Crippen molar-refractivity contribution in [3.8, 4) is 0 Å². The molecule has 1 aliphatic carbocycles. The number of hydrogen-bond donors (Lipinski definition) is 0. The van der Waals surface area contributed by atoms with Crippen molar-refractivity contribution in [3.05, 3.63) is 71.8 Å². The van der Waals surface area contributed by atoms with Crippen LogP contribution in [0, 0.1) is 5.92 Å². The second-order valence-corrected chi connectivity index (χ2v) is 7.06. The molecule has 0 bridgehead atoms. The van der Waals surface area contributed by atoms with Crippen molar-refractivity contribution in [1.82, 2.24) is 5.01 Å². The molecule has 4 rings (SSSR count). The second kappa shape index (κ2) is 7.22. The highest BCUT2D eigenvalue weighted by atomic mass is 16.2. The molecule has 2 aromatic carbocycles. The molecule has 2 aromatic rings. The van der Waals surface area contributed by atoms with Gasteiger partial charge in [0.25, 0.3) is 0 Å². The van der Waals surface area contributed by atoms with E-state index in [0.29, 0.717) is 0 Å². The van der Waals surface area contributed by atoms with Gasteiger partial charge in [0, 0.05) is 12.3 Å². The highest BCUT2D eigenvalue weighted by molar-refractivity contribution is 6.03. The van der Waals surface area contributed by atoms with Gasteiger partial charge < -0.3 is 0 Å². The molecule has 0 radical (unpaired) electrons. The van der Waals surface area contributed by atoms with Gasteiger partial charge in [-0.05, 0) is 24.0 Å². The predicted octanol–water partition coefficient (Wildman–Crippen LogP) is 4.94. The number of benzene rings is 2. The zero-order valence-electron chi connectivity index (χ0n) is 14.5. The van der Waals surface area contributed by atoms with Crippen molar-refractivity contribution in [2.24, 2.45) is 11.0 Å². The van der Waals surface area contributed by atoms with Crippen LogP contribution in [0.3, 0.4) is 0 Å². The summed E-state index contributed by atoms with van der Waals surface area (Å²) < 4.78 is 0. The first-order chi connectivity index (χ1) is 12.3. The molecule has 0 spiro atoms. The van der Waals surface area contributed by atoms with Gasteiger partial charge in [-0.2, -0.15) is 5.10 Å². The zero-order valence-corrected chi connectivity index (χ0v) is 14.5. The average molecular weight is 332 g/mol. The molecule has 0 N–H and O–H groups in total. The van der Waals surface area contributed by atoms with E-state index < -0.39 is 0 Å². The molecule has 2 aliphatic rings. The maximum atomic E-state index is 13.2. The predicted molar refractivity (Wildman–Crippen MR) is 100 cm³/mol. The third kappa shape index (κ3) is 3.37. The van der Waals surface area contributed by atoms with E-state index in [1.807, 2.05) is 36.4 Å². The Hall–Kier alpha value is -2.42. The zero-order chi connectivity index (χ0) is 17.1. The lowest BCUT2D eigenvalue weighted by molar-refractivity contribution is -0.138. The van der Waals surface area contributed by atoms with E-state index in [2.05, 4.69) is 24.3 Å². The van der Waals surface area contributed by atoms with Crippen LogP contribution in [0.2, 0.25) is 0 Å². The van der Waals surface area contributed by atoms with Crippen molar-refractivity contribution in [2.75, 3.05) is 0 Å². The van der Waals surface area contributed by atoms with Gasteiger partial charge in [-0.15, -0.1) is 0 Å². The van der Waals surface area contributed by atoms with E-state index in [9.17, 15) is 4.79 Å². The molecule has 0 aromatic heterocycles. The Morgan fingerprint density at radius 2 is 1.52 bits per heavy atom. The summed E-state index contributed by atoms with van der Waals surface area (Å²) in [6, 6.07) is 20.6. The maximum Gasteiger partial charge on any atom is 0.246 e. The lowest BCUT2D eigenvalue weighted by Gasteiger charge is -2.28. The molecular formula is C22H24N2O. The van der Waals surface area contributed by atoms with Crippen LogP contribution in [-0.2, 0) is 4.79 Å². The molecule has 3 nitrogen and oxygen atoms in total. The summed E-state index contributed by atoms with van der Waals surface area (Å²) in [5, 5.41) is 6.58. The lowest BCUT2D eigenvalue weighted by Crippen LogP contribution is -2.33. The highest BCUT2D eigenvalue weighted by Crippen LogP contribution is 2.36. The largest absolute Gasteiger partial charge is 0.273 e. The molecule has 0 saturated heterocycles. The standard InChI is InChI=1S/C22H24N2O/c25-22(19-14-8-3-9-15-19)24-21(18-12-6-2-7-13-18)16-20(23-24)17-10-4-1-5-11-17/h1-2,4-7,10-13,19,21H,3,8-9,14-16H2/t21-/m1/s1. The molecule has 25 heavy (non-hydrogen) atoms. The minimum absolute atomic E-state index is 0.0193. The van der Waals surface area contributed by atoms with Gasteiger partial charge in [0.1, 0.15) is 0 Å². The van der Waals surface area contributed by atoms with Crippen molar-refractivity contribution in [2.45, 2.75) is 44.6 Å². The van der Waals surface area contributed by atoms with Gasteiger partial charge >= 0.3 is 0 Å². The minimum Gasteiger partial charge on any atom is -0.273 e. The van der Waals surface area contributed by atoms with E-state index in [1.54, 1.807) is 5.01 Å². The topological polar surface area (TPSA) is 32.7 Å². The van der Waals surface area contributed by atoms with Crippen molar-refractivity contribution in [1.29, 1.82) is 0 Å². The van der Waals surface area contributed by atoms with E-state index in [-0.39, 0.29) is 17.9 Å². The maximum absolute atomic E-state index is 13.2. The summed E-state index contributed by atoms with van der Waals surface area (Å²) in [6.07, 6.45) is 6.38. The van der Waals surface area contributed by atoms with Gasteiger partial charge in [0.2, 0.25) is 5.91 Å². The first-order valence-corrected chi connectivity index (χ1v) is 9.34. The number of nitrogens with zero attached hydrogens (tertiary/aromatic N) is 2. The molecular weight excluding hydrogens is 308 g/mol. The Morgan fingerprint density at radius 1 is 0.880 bits per heavy atom. The highest BCUT2D eigenvalue weighted by Gasteiger charge is 2.36. The molecule has 1 atom stereocenters. The second-order valence-electron chi connectivity index (χ2n) is 7.06. The summed E-state index contributed by atoms with van der Waals surface area (Å²) in [5.74, 6) is 0.346. The van der Waals surface area contributed by atoms with Crippen LogP contribution in [-0.4, -0.2) is 16.6 Å². The molecule has 3 heteroatoms. The van der Waals surface area contributed by atoms with Crippen LogP contribution in [0.4, 0.5) is 0 Å². The number of amides is 1. The fraction of sp³-hybridized carbons (Fsp3) is 0.364. The van der Waals surface area contributed by atoms with Crippen molar-refractivity contribution < 1.29 is 4.79 Å². The Morgan fingerprint density at radius 3 is 2.20 bits per heavy atom. The average Bonchev–Trinajstić information content (AvgIpc) is 3.15. The fourth-order valence-corrected chi connectivity index (χ4v) is 3.99. The van der Waals surface area contributed by atoms with Gasteiger partial charge in [-0.1, -0.05) is 79.9 Å². The van der Waals surface area contributed by atoms with Crippen LogP contribution < -0.4 is 0 Å². The first kappa shape index (κ1) is 16.1. The Labute approximate surface area is 149 Å². The molecule has 128 valence electrons. The van der Waals surface area contributed by atoms with Gasteiger partial charge in [0.05, 0.1) is 11.8 Å². The van der Waals surface area contributed by atoms with Crippen molar-refractivity contribution >= 4 is 11.6 Å². The molecule has 0 unspecified atom stereocenters. The minimum atomic E-state index is 0.0193. The summed E-state index contributed by atoms with van der Waals surface area (Å²) >= 11 is 0. The van der Waals surface area contributed by atoms with Gasteiger partial charge in [0.15, 0.2) is 0 Å². The van der Waals surface area contributed by atoms with Crippen LogP contribution >= 0.6 is 0 Å². The quantitative estimate of drug-likeness (QED) is 0.783.